The van der Waals surface area contributed by atoms with Gasteiger partial charge in [-0.1, -0.05) is 231 Å². The summed E-state index contributed by atoms with van der Waals surface area (Å²) in [6.07, 6.45) is 0. The van der Waals surface area contributed by atoms with E-state index in [-0.39, 0.29) is 0 Å². The average molecular weight is 918 g/mol. The summed E-state index contributed by atoms with van der Waals surface area (Å²) >= 11 is 0. The molecule has 0 atom stereocenters. The van der Waals surface area contributed by atoms with Crippen LogP contribution in [0.3, 0.4) is 0 Å². The number of rotatable bonds is 10. The highest BCUT2D eigenvalue weighted by Crippen LogP contribution is 2.43. The fourth-order valence-electron chi connectivity index (χ4n) is 10.5. The quantitative estimate of drug-likeness (QED) is 0.136. The Balaban J connectivity index is 0.843. The van der Waals surface area contributed by atoms with Crippen LogP contribution in [0.25, 0.3) is 111 Å². The molecule has 0 saturated heterocycles. The molecular formula is C70H47NO. The van der Waals surface area contributed by atoms with Crippen molar-refractivity contribution in [2.75, 3.05) is 4.90 Å². The van der Waals surface area contributed by atoms with Gasteiger partial charge in [0.2, 0.25) is 0 Å². The second-order valence-corrected chi connectivity index (χ2v) is 18.4. The summed E-state index contributed by atoms with van der Waals surface area (Å²) in [5.41, 5.74) is 19.2. The monoisotopic (exact) mass is 917 g/mol. The minimum atomic E-state index is 0.875. The number of anilines is 3. The van der Waals surface area contributed by atoms with Gasteiger partial charge in [-0.25, -0.2) is 0 Å². The lowest BCUT2D eigenvalue weighted by Crippen LogP contribution is -2.09. The van der Waals surface area contributed by atoms with E-state index in [2.05, 4.69) is 284 Å². The van der Waals surface area contributed by atoms with Crippen LogP contribution in [-0.4, -0.2) is 0 Å². The third-order valence-corrected chi connectivity index (χ3v) is 14.1. The van der Waals surface area contributed by atoms with Gasteiger partial charge in [0.05, 0.1) is 0 Å². The number of fused-ring (bicyclic) bond motifs is 3. The lowest BCUT2D eigenvalue weighted by molar-refractivity contribution is 0.632. The summed E-state index contributed by atoms with van der Waals surface area (Å²) in [6, 6.07) is 103. The zero-order valence-corrected chi connectivity index (χ0v) is 39.5. The van der Waals surface area contributed by atoms with E-state index >= 15 is 0 Å². The van der Waals surface area contributed by atoms with Crippen molar-refractivity contribution in [2.45, 2.75) is 0 Å². The molecule has 2 heteroatoms. The van der Waals surface area contributed by atoms with E-state index in [4.69, 9.17) is 4.42 Å². The highest BCUT2D eigenvalue weighted by Gasteiger charge is 2.19. The van der Waals surface area contributed by atoms with Crippen LogP contribution in [0.5, 0.6) is 0 Å². The van der Waals surface area contributed by atoms with E-state index in [0.29, 0.717) is 0 Å². The number of para-hydroxylation sites is 1. The van der Waals surface area contributed by atoms with Crippen LogP contribution in [0.4, 0.5) is 17.1 Å². The molecule has 0 aliphatic carbocycles. The van der Waals surface area contributed by atoms with Crippen LogP contribution >= 0.6 is 0 Å². The third kappa shape index (κ3) is 8.01. The maximum atomic E-state index is 6.62. The zero-order valence-electron chi connectivity index (χ0n) is 39.5. The van der Waals surface area contributed by atoms with Crippen LogP contribution in [0.15, 0.2) is 290 Å². The summed E-state index contributed by atoms with van der Waals surface area (Å²) in [7, 11) is 0. The molecule has 1 aromatic heterocycles. The number of furan rings is 1. The molecule has 0 fully saturated rings. The normalized spacial score (nSPS) is 11.3. The van der Waals surface area contributed by atoms with Gasteiger partial charge >= 0.3 is 0 Å². The van der Waals surface area contributed by atoms with Crippen LogP contribution < -0.4 is 4.90 Å². The molecule has 13 rings (SSSR count). The molecule has 0 bridgehead atoms. The summed E-state index contributed by atoms with van der Waals surface area (Å²) in [4.78, 5) is 2.35. The Kier molecular flexibility index (Phi) is 10.9. The molecule has 0 unspecified atom stereocenters. The molecule has 0 spiro atoms. The molecular weight excluding hydrogens is 871 g/mol. The van der Waals surface area contributed by atoms with E-state index < -0.39 is 0 Å². The van der Waals surface area contributed by atoms with Gasteiger partial charge in [0.1, 0.15) is 11.3 Å². The maximum Gasteiger partial charge on any atom is 0.143 e. The Labute approximate surface area is 420 Å². The molecule has 0 aliphatic rings. The summed E-state index contributed by atoms with van der Waals surface area (Å²) in [5, 5.41) is 6.13. The topological polar surface area (TPSA) is 16.4 Å². The predicted octanol–water partition coefficient (Wildman–Crippen LogP) is 19.9. The van der Waals surface area contributed by atoms with Crippen molar-refractivity contribution < 1.29 is 4.42 Å². The van der Waals surface area contributed by atoms with Crippen LogP contribution in [0.1, 0.15) is 0 Å². The van der Waals surface area contributed by atoms with Crippen LogP contribution in [0, 0.1) is 0 Å². The molecule has 0 saturated carbocycles. The van der Waals surface area contributed by atoms with Crippen molar-refractivity contribution in [3.05, 3.63) is 285 Å². The van der Waals surface area contributed by atoms with Gasteiger partial charge in [-0.3, -0.25) is 0 Å². The molecule has 338 valence electrons. The van der Waals surface area contributed by atoms with E-state index in [1.807, 2.05) is 6.07 Å². The number of nitrogens with zero attached hydrogens (tertiary/aromatic N) is 1. The van der Waals surface area contributed by atoms with Gasteiger partial charge in [0.25, 0.3) is 0 Å². The second-order valence-electron chi connectivity index (χ2n) is 18.4. The smallest absolute Gasteiger partial charge is 0.143 e. The molecule has 0 radical (unpaired) electrons. The number of benzene rings is 12. The van der Waals surface area contributed by atoms with Crippen molar-refractivity contribution in [3.8, 4) is 78.1 Å². The Hall–Kier alpha value is -9.50. The van der Waals surface area contributed by atoms with Crippen molar-refractivity contribution >= 4 is 49.6 Å². The van der Waals surface area contributed by atoms with Crippen LogP contribution in [-0.2, 0) is 0 Å². The lowest BCUT2D eigenvalue weighted by atomic mass is 9.95. The Morgan fingerprint density at radius 3 is 1.18 bits per heavy atom. The van der Waals surface area contributed by atoms with E-state index in [1.54, 1.807) is 0 Å². The standard InChI is InChI=1S/C70H47NO/c1-2-16-55(17-3-1)69-67-26-8-9-29-68(67)72-70(69)59-23-11-21-57(47-59)51-38-44-62(45-39-51)71(60-40-34-49(35-41-60)48-30-32-54(33-31-48)65-27-12-18-52-14-4-6-24-63(52)65)61-42-36-50(37-43-61)56-20-10-22-58(46-56)66-28-13-19-53-15-5-7-25-64(53)66/h1-47H. The minimum absolute atomic E-state index is 0.875. The Morgan fingerprint density at radius 1 is 0.236 bits per heavy atom. The van der Waals surface area contributed by atoms with Gasteiger partial charge in [-0.2, -0.15) is 0 Å². The fourth-order valence-corrected chi connectivity index (χ4v) is 10.5. The van der Waals surface area contributed by atoms with Gasteiger partial charge in [-0.05, 0) is 137 Å². The average Bonchev–Trinajstić information content (AvgIpc) is 3.86. The second kappa shape index (κ2) is 18.4. The summed E-state index contributed by atoms with van der Waals surface area (Å²) < 4.78 is 6.62. The van der Waals surface area contributed by atoms with Crippen LogP contribution in [0.2, 0.25) is 0 Å². The van der Waals surface area contributed by atoms with E-state index in [1.165, 1.54) is 60.5 Å². The number of hydrogen-bond acceptors (Lipinski definition) is 2. The molecule has 13 aromatic rings. The first-order chi connectivity index (χ1) is 35.7. The molecule has 0 N–H and O–H groups in total. The molecule has 2 nitrogen and oxygen atoms in total. The van der Waals surface area contributed by atoms with Crippen molar-refractivity contribution in [2.24, 2.45) is 0 Å². The molecule has 1 heterocycles. The zero-order chi connectivity index (χ0) is 47.8. The highest BCUT2D eigenvalue weighted by atomic mass is 16.3. The SMILES string of the molecule is c1ccc(-c2c(-c3cccc(-c4ccc(N(c5ccc(-c6ccc(-c7cccc8ccccc78)cc6)cc5)c5ccc(-c6cccc(-c7cccc8ccccc78)c6)cc5)cc4)c3)oc3ccccc23)cc1. The third-order valence-electron chi connectivity index (χ3n) is 14.1. The summed E-state index contributed by atoms with van der Waals surface area (Å²) in [5.74, 6) is 0.875. The first-order valence-corrected chi connectivity index (χ1v) is 24.6. The Morgan fingerprint density at radius 2 is 0.611 bits per heavy atom. The van der Waals surface area contributed by atoms with Gasteiger partial charge in [0.15, 0.2) is 0 Å². The Bertz CT molecular complexity index is 4050. The fraction of sp³-hybridized carbons (Fsp3) is 0. The van der Waals surface area contributed by atoms with Gasteiger partial charge in [0, 0.05) is 33.6 Å². The maximum absolute atomic E-state index is 6.62. The van der Waals surface area contributed by atoms with E-state index in [9.17, 15) is 0 Å². The molecule has 0 aliphatic heterocycles. The first-order valence-electron chi connectivity index (χ1n) is 24.6. The van der Waals surface area contributed by atoms with Crippen molar-refractivity contribution in [3.63, 3.8) is 0 Å². The molecule has 12 aromatic carbocycles. The molecule has 72 heavy (non-hydrogen) atoms. The summed E-state index contributed by atoms with van der Waals surface area (Å²) in [6.45, 7) is 0. The van der Waals surface area contributed by atoms with Gasteiger partial charge < -0.3 is 9.32 Å². The minimum Gasteiger partial charge on any atom is -0.455 e. The van der Waals surface area contributed by atoms with Crippen molar-refractivity contribution in [1.82, 2.24) is 0 Å². The predicted molar refractivity (Wildman–Crippen MR) is 304 cm³/mol. The van der Waals surface area contributed by atoms with Crippen molar-refractivity contribution in [1.29, 1.82) is 0 Å². The molecule has 0 amide bonds. The first kappa shape index (κ1) is 42.6. The largest absolute Gasteiger partial charge is 0.455 e. The van der Waals surface area contributed by atoms with Gasteiger partial charge in [-0.15, -0.1) is 0 Å². The van der Waals surface area contributed by atoms with E-state index in [0.717, 1.165) is 67.2 Å². The number of hydrogen-bond donors (Lipinski definition) is 0. The lowest BCUT2D eigenvalue weighted by Gasteiger charge is -2.26. The highest BCUT2D eigenvalue weighted by molar-refractivity contribution is 6.02.